The highest BCUT2D eigenvalue weighted by Gasteiger charge is 2.23. The maximum atomic E-state index is 12.1. The number of hydrogen-bond acceptors (Lipinski definition) is 4. The molecule has 0 aromatic heterocycles. The monoisotopic (exact) mass is 263 g/mol. The van der Waals surface area contributed by atoms with E-state index in [-0.39, 0.29) is 23.2 Å². The van der Waals surface area contributed by atoms with Crippen LogP contribution in [0.3, 0.4) is 0 Å². The predicted octanol–water partition coefficient (Wildman–Crippen LogP) is 1.39. The van der Waals surface area contributed by atoms with E-state index in [1.165, 1.54) is 6.07 Å². The Morgan fingerprint density at radius 2 is 2.32 bits per heavy atom. The van der Waals surface area contributed by atoms with Crippen LogP contribution in [0.15, 0.2) is 18.2 Å². The van der Waals surface area contributed by atoms with E-state index >= 15 is 0 Å². The zero-order valence-electron chi connectivity index (χ0n) is 10.8. The Morgan fingerprint density at radius 3 is 2.95 bits per heavy atom. The SMILES string of the molecule is Cc1ccc([N+](=O)[O-])c(C(=O)N[C@H]2CCCNC2)c1. The van der Waals surface area contributed by atoms with Gasteiger partial charge < -0.3 is 10.6 Å². The molecule has 0 unspecified atom stereocenters. The minimum atomic E-state index is -0.520. The van der Waals surface area contributed by atoms with Crippen LogP contribution in [0, 0.1) is 17.0 Å². The van der Waals surface area contributed by atoms with E-state index in [0.717, 1.165) is 24.9 Å². The maximum Gasteiger partial charge on any atom is 0.282 e. The minimum absolute atomic E-state index is 0.0429. The molecule has 2 rings (SSSR count). The number of hydrogen-bond donors (Lipinski definition) is 2. The molecule has 1 aromatic carbocycles. The first-order valence-corrected chi connectivity index (χ1v) is 6.34. The molecule has 1 amide bonds. The first-order chi connectivity index (χ1) is 9.08. The Bertz CT molecular complexity index is 496. The van der Waals surface area contributed by atoms with Gasteiger partial charge in [0.05, 0.1) is 4.92 Å². The third-order valence-corrected chi connectivity index (χ3v) is 3.23. The zero-order chi connectivity index (χ0) is 13.8. The van der Waals surface area contributed by atoms with Crippen molar-refractivity contribution in [3.05, 3.63) is 39.4 Å². The average Bonchev–Trinajstić information content (AvgIpc) is 2.39. The van der Waals surface area contributed by atoms with Gasteiger partial charge in [-0.15, -0.1) is 0 Å². The van der Waals surface area contributed by atoms with Crippen molar-refractivity contribution in [2.24, 2.45) is 0 Å². The summed E-state index contributed by atoms with van der Waals surface area (Å²) in [4.78, 5) is 22.6. The largest absolute Gasteiger partial charge is 0.348 e. The number of nitro groups is 1. The molecule has 0 bridgehead atoms. The van der Waals surface area contributed by atoms with Crippen LogP contribution in [0.25, 0.3) is 0 Å². The predicted molar refractivity (Wildman–Crippen MR) is 71.2 cm³/mol. The standard InChI is InChI=1S/C13H17N3O3/c1-9-4-5-12(16(18)19)11(7-9)13(17)15-10-3-2-6-14-8-10/h4-5,7,10,14H,2-3,6,8H2,1H3,(H,15,17)/t10-/m0/s1. The molecule has 1 aromatic rings. The molecule has 2 N–H and O–H groups in total. The van der Waals surface area contributed by atoms with E-state index < -0.39 is 4.92 Å². The molecule has 0 radical (unpaired) electrons. The summed E-state index contributed by atoms with van der Waals surface area (Å²) in [6.07, 6.45) is 1.90. The van der Waals surface area contributed by atoms with Crippen molar-refractivity contribution in [1.82, 2.24) is 10.6 Å². The summed E-state index contributed by atoms with van der Waals surface area (Å²) in [6.45, 7) is 3.48. The number of nitrogens with one attached hydrogen (secondary N) is 2. The molecular formula is C13H17N3O3. The molecule has 6 heteroatoms. The third kappa shape index (κ3) is 3.29. The smallest absolute Gasteiger partial charge is 0.282 e. The molecule has 0 spiro atoms. The van der Waals surface area contributed by atoms with E-state index in [9.17, 15) is 14.9 Å². The lowest BCUT2D eigenvalue weighted by Crippen LogP contribution is -2.45. The Morgan fingerprint density at radius 1 is 1.53 bits per heavy atom. The van der Waals surface area contributed by atoms with Gasteiger partial charge in [0, 0.05) is 18.7 Å². The number of benzene rings is 1. The highest BCUT2D eigenvalue weighted by atomic mass is 16.6. The first kappa shape index (κ1) is 13.5. The summed E-state index contributed by atoms with van der Waals surface area (Å²) >= 11 is 0. The molecule has 1 aliphatic heterocycles. The number of carbonyl (C=O) groups is 1. The van der Waals surface area contributed by atoms with Crippen LogP contribution in [0.4, 0.5) is 5.69 Å². The van der Waals surface area contributed by atoms with Crippen molar-refractivity contribution in [2.45, 2.75) is 25.8 Å². The molecule has 102 valence electrons. The maximum absolute atomic E-state index is 12.1. The molecule has 1 fully saturated rings. The summed E-state index contributed by atoms with van der Waals surface area (Å²) in [7, 11) is 0. The Kier molecular flexibility index (Phi) is 4.11. The Hall–Kier alpha value is -1.95. The Labute approximate surface area is 111 Å². The van der Waals surface area contributed by atoms with Gasteiger partial charge >= 0.3 is 0 Å². The third-order valence-electron chi connectivity index (χ3n) is 3.23. The molecular weight excluding hydrogens is 246 g/mol. The molecule has 0 saturated carbocycles. The number of piperidine rings is 1. The van der Waals surface area contributed by atoms with E-state index in [1.54, 1.807) is 12.1 Å². The number of nitro benzene ring substituents is 1. The minimum Gasteiger partial charge on any atom is -0.348 e. The number of amides is 1. The van der Waals surface area contributed by atoms with Gasteiger partial charge in [-0.1, -0.05) is 6.07 Å². The second-order valence-corrected chi connectivity index (χ2v) is 4.79. The molecule has 1 aliphatic rings. The van der Waals surface area contributed by atoms with Gasteiger partial charge in [-0.2, -0.15) is 0 Å². The van der Waals surface area contributed by atoms with Gasteiger partial charge in [-0.05, 0) is 37.9 Å². The summed E-state index contributed by atoms with van der Waals surface area (Å²) in [5, 5.41) is 17.0. The summed E-state index contributed by atoms with van der Waals surface area (Å²) in [5.74, 6) is -0.371. The van der Waals surface area contributed by atoms with Gasteiger partial charge in [0.2, 0.25) is 0 Å². The topological polar surface area (TPSA) is 84.3 Å². The molecule has 1 heterocycles. The zero-order valence-corrected chi connectivity index (χ0v) is 10.8. The highest BCUT2D eigenvalue weighted by Crippen LogP contribution is 2.20. The van der Waals surface area contributed by atoms with Crippen LogP contribution in [-0.4, -0.2) is 30.0 Å². The van der Waals surface area contributed by atoms with E-state index in [4.69, 9.17) is 0 Å². The second kappa shape index (κ2) is 5.79. The number of nitrogens with zero attached hydrogens (tertiary/aromatic N) is 1. The molecule has 0 aliphatic carbocycles. The first-order valence-electron chi connectivity index (χ1n) is 6.34. The summed E-state index contributed by atoms with van der Waals surface area (Å²) in [6, 6.07) is 4.62. The molecule has 1 saturated heterocycles. The number of carbonyl (C=O) groups excluding carboxylic acids is 1. The van der Waals surface area contributed by atoms with Gasteiger partial charge in [-0.25, -0.2) is 0 Å². The highest BCUT2D eigenvalue weighted by molar-refractivity contribution is 5.98. The quantitative estimate of drug-likeness (QED) is 0.637. The lowest BCUT2D eigenvalue weighted by Gasteiger charge is -2.23. The Balaban J connectivity index is 2.17. The van der Waals surface area contributed by atoms with Crippen LogP contribution < -0.4 is 10.6 Å². The van der Waals surface area contributed by atoms with E-state index in [0.29, 0.717) is 6.54 Å². The fraction of sp³-hybridized carbons (Fsp3) is 0.462. The van der Waals surface area contributed by atoms with Gasteiger partial charge in [0.15, 0.2) is 0 Å². The van der Waals surface area contributed by atoms with E-state index in [1.807, 2.05) is 6.92 Å². The lowest BCUT2D eigenvalue weighted by molar-refractivity contribution is -0.385. The van der Waals surface area contributed by atoms with Crippen LogP contribution in [0.2, 0.25) is 0 Å². The fourth-order valence-electron chi connectivity index (χ4n) is 2.23. The van der Waals surface area contributed by atoms with Gasteiger partial charge in [-0.3, -0.25) is 14.9 Å². The summed E-state index contributed by atoms with van der Waals surface area (Å²) in [5.41, 5.74) is 0.819. The van der Waals surface area contributed by atoms with E-state index in [2.05, 4.69) is 10.6 Å². The van der Waals surface area contributed by atoms with Crippen molar-refractivity contribution < 1.29 is 9.72 Å². The average molecular weight is 263 g/mol. The number of aryl methyl sites for hydroxylation is 1. The van der Waals surface area contributed by atoms with Crippen LogP contribution in [0.1, 0.15) is 28.8 Å². The van der Waals surface area contributed by atoms with Crippen molar-refractivity contribution in [1.29, 1.82) is 0 Å². The van der Waals surface area contributed by atoms with Gasteiger partial charge in [0.1, 0.15) is 5.56 Å². The molecule has 1 atom stereocenters. The molecule has 19 heavy (non-hydrogen) atoms. The van der Waals surface area contributed by atoms with Crippen LogP contribution in [-0.2, 0) is 0 Å². The fourth-order valence-corrected chi connectivity index (χ4v) is 2.23. The molecule has 6 nitrogen and oxygen atoms in total. The van der Waals surface area contributed by atoms with Crippen LogP contribution >= 0.6 is 0 Å². The lowest BCUT2D eigenvalue weighted by atomic mass is 10.1. The van der Waals surface area contributed by atoms with Crippen molar-refractivity contribution in [3.63, 3.8) is 0 Å². The normalized spacial score (nSPS) is 18.9. The second-order valence-electron chi connectivity index (χ2n) is 4.79. The van der Waals surface area contributed by atoms with Crippen molar-refractivity contribution in [2.75, 3.05) is 13.1 Å². The van der Waals surface area contributed by atoms with Gasteiger partial charge in [0.25, 0.3) is 11.6 Å². The van der Waals surface area contributed by atoms with Crippen molar-refractivity contribution >= 4 is 11.6 Å². The summed E-state index contributed by atoms with van der Waals surface area (Å²) < 4.78 is 0. The number of rotatable bonds is 3. The van der Waals surface area contributed by atoms with Crippen molar-refractivity contribution in [3.8, 4) is 0 Å². The van der Waals surface area contributed by atoms with Crippen LogP contribution in [0.5, 0.6) is 0 Å².